The Morgan fingerprint density at radius 2 is 2.27 bits per heavy atom. The molecule has 140 valence electrons. The zero-order valence-corrected chi connectivity index (χ0v) is 14.8. The summed E-state index contributed by atoms with van der Waals surface area (Å²) in [5, 5.41) is 4.61. The van der Waals surface area contributed by atoms with E-state index in [-0.39, 0.29) is 25.3 Å². The summed E-state index contributed by atoms with van der Waals surface area (Å²) in [5.41, 5.74) is 0.705. The number of carbonyl (C=O) groups excluding carboxylic acids is 1. The van der Waals surface area contributed by atoms with Crippen molar-refractivity contribution in [3.05, 3.63) is 52.0 Å². The Morgan fingerprint density at radius 3 is 2.92 bits per heavy atom. The number of rotatable bonds is 3. The Hall–Kier alpha value is -2.13. The van der Waals surface area contributed by atoms with Gasteiger partial charge in [0.05, 0.1) is 13.2 Å². The van der Waals surface area contributed by atoms with Gasteiger partial charge in [-0.2, -0.15) is 13.2 Å². The largest absolute Gasteiger partial charge is 0.412 e. The van der Waals surface area contributed by atoms with Gasteiger partial charge in [-0.1, -0.05) is 29.8 Å². The van der Waals surface area contributed by atoms with Gasteiger partial charge in [-0.25, -0.2) is 9.78 Å². The summed E-state index contributed by atoms with van der Waals surface area (Å²) in [6.45, 7) is 2.35. The van der Waals surface area contributed by atoms with Crippen molar-refractivity contribution in [3.8, 4) is 0 Å². The van der Waals surface area contributed by atoms with Crippen LogP contribution < -0.4 is 5.32 Å². The third kappa shape index (κ3) is 4.34. The lowest BCUT2D eigenvalue weighted by Gasteiger charge is -2.33. The molecule has 0 aliphatic carbocycles. The van der Waals surface area contributed by atoms with Gasteiger partial charge in [0, 0.05) is 18.1 Å². The van der Waals surface area contributed by atoms with Gasteiger partial charge >= 0.3 is 12.2 Å². The van der Waals surface area contributed by atoms with Crippen LogP contribution in [0.25, 0.3) is 0 Å². The van der Waals surface area contributed by atoms with Gasteiger partial charge < -0.3 is 15.0 Å². The molecule has 1 aliphatic rings. The van der Waals surface area contributed by atoms with Crippen molar-refractivity contribution in [1.82, 2.24) is 15.2 Å². The molecule has 3 rings (SSSR count). The number of amides is 2. The number of hydrogen-bond donors (Lipinski definition) is 1. The van der Waals surface area contributed by atoms with Gasteiger partial charge in [0.25, 0.3) is 0 Å². The smallest absolute Gasteiger partial charge is 0.367 e. The van der Waals surface area contributed by atoms with Gasteiger partial charge in [-0.3, -0.25) is 0 Å². The molecule has 0 spiro atoms. The van der Waals surface area contributed by atoms with E-state index in [0.29, 0.717) is 10.6 Å². The normalized spacial score (nSPS) is 19.2. The minimum absolute atomic E-state index is 0.00980. The first-order valence-electron chi connectivity index (χ1n) is 8.04. The quantitative estimate of drug-likeness (QED) is 0.874. The fourth-order valence-electron chi connectivity index (χ4n) is 2.80. The number of urea groups is 1. The Kier molecular flexibility index (Phi) is 5.47. The maximum Gasteiger partial charge on any atom is 0.412 e. The Bertz CT molecular complexity index is 752. The lowest BCUT2D eigenvalue weighted by molar-refractivity contribution is -0.155. The summed E-state index contributed by atoms with van der Waals surface area (Å²) in [6, 6.07) is 3.22. The van der Waals surface area contributed by atoms with Gasteiger partial charge in [-0.05, 0) is 12.5 Å². The highest BCUT2D eigenvalue weighted by Crippen LogP contribution is 2.33. The summed E-state index contributed by atoms with van der Waals surface area (Å²) in [5.74, 6) is 0. The van der Waals surface area contributed by atoms with Gasteiger partial charge in [0.15, 0.2) is 6.04 Å². The standard InChI is InChI=1S/C17H18F3N3O2S/c1-11-3-2-4-12(9-11)14(17(18,19)20)22-16(24)23-6-7-25-13(10-23)15-21-5-8-26-15/h2-5,8-9,13-14H,6-7,10H2,1H3,(H,22,24)/t13-,14-/m0/s1. The van der Waals surface area contributed by atoms with E-state index < -0.39 is 24.4 Å². The molecule has 1 aromatic heterocycles. The second kappa shape index (κ2) is 7.63. The van der Waals surface area contributed by atoms with E-state index in [1.54, 1.807) is 30.6 Å². The number of aryl methyl sites for hydroxylation is 1. The third-order valence-electron chi connectivity index (χ3n) is 4.05. The van der Waals surface area contributed by atoms with Crippen LogP contribution in [0.5, 0.6) is 0 Å². The summed E-state index contributed by atoms with van der Waals surface area (Å²) in [6.07, 6.45) is -3.39. The van der Waals surface area contributed by atoms with Crippen LogP contribution in [0.1, 0.15) is 28.3 Å². The van der Waals surface area contributed by atoms with Gasteiger partial charge in [-0.15, -0.1) is 11.3 Å². The van der Waals surface area contributed by atoms with Crippen LogP contribution in [-0.2, 0) is 4.74 Å². The van der Waals surface area contributed by atoms with Crippen LogP contribution in [-0.4, -0.2) is 41.8 Å². The van der Waals surface area contributed by atoms with E-state index in [2.05, 4.69) is 10.3 Å². The van der Waals surface area contributed by atoms with Crippen LogP contribution in [0.2, 0.25) is 0 Å². The highest BCUT2D eigenvalue weighted by atomic mass is 32.1. The average molecular weight is 385 g/mol. The molecule has 5 nitrogen and oxygen atoms in total. The number of nitrogens with one attached hydrogen (secondary N) is 1. The summed E-state index contributed by atoms with van der Waals surface area (Å²) < 4.78 is 46.1. The Balaban J connectivity index is 1.73. The lowest BCUT2D eigenvalue weighted by Crippen LogP contribution is -2.50. The van der Waals surface area contributed by atoms with Crippen LogP contribution in [0.3, 0.4) is 0 Å². The molecule has 2 atom stereocenters. The molecule has 0 radical (unpaired) electrons. The first kappa shape index (κ1) is 18.7. The van der Waals surface area contributed by atoms with Crippen molar-refractivity contribution in [1.29, 1.82) is 0 Å². The van der Waals surface area contributed by atoms with E-state index in [4.69, 9.17) is 4.74 Å². The fourth-order valence-corrected chi connectivity index (χ4v) is 3.47. The van der Waals surface area contributed by atoms with Gasteiger partial charge in [0.2, 0.25) is 0 Å². The molecule has 9 heteroatoms. The van der Waals surface area contributed by atoms with Crippen molar-refractivity contribution >= 4 is 17.4 Å². The molecular weight excluding hydrogens is 367 g/mol. The number of halogens is 3. The third-order valence-corrected chi connectivity index (χ3v) is 4.92. The fraction of sp³-hybridized carbons (Fsp3) is 0.412. The van der Waals surface area contributed by atoms with E-state index in [9.17, 15) is 18.0 Å². The molecule has 0 bridgehead atoms. The van der Waals surface area contributed by atoms with Crippen LogP contribution >= 0.6 is 11.3 Å². The van der Waals surface area contributed by atoms with E-state index in [0.717, 1.165) is 0 Å². The zero-order valence-electron chi connectivity index (χ0n) is 14.0. The number of hydrogen-bond acceptors (Lipinski definition) is 4. The van der Waals surface area contributed by atoms with Crippen molar-refractivity contribution in [3.63, 3.8) is 0 Å². The maximum absolute atomic E-state index is 13.5. The summed E-state index contributed by atoms with van der Waals surface area (Å²) >= 11 is 1.39. The van der Waals surface area contributed by atoms with E-state index >= 15 is 0 Å². The van der Waals surface area contributed by atoms with E-state index in [1.165, 1.54) is 28.4 Å². The topological polar surface area (TPSA) is 54.5 Å². The number of thiazole rings is 1. The predicted molar refractivity (Wildman–Crippen MR) is 90.9 cm³/mol. The first-order valence-corrected chi connectivity index (χ1v) is 8.92. The van der Waals surface area contributed by atoms with E-state index in [1.807, 2.05) is 0 Å². The van der Waals surface area contributed by atoms with Crippen molar-refractivity contribution in [2.24, 2.45) is 0 Å². The number of aromatic nitrogens is 1. The molecule has 26 heavy (non-hydrogen) atoms. The molecule has 2 heterocycles. The molecular formula is C17H18F3N3O2S. The molecule has 1 fully saturated rings. The maximum atomic E-state index is 13.5. The molecule has 0 unspecified atom stereocenters. The molecule has 1 saturated heterocycles. The first-order chi connectivity index (χ1) is 12.3. The Labute approximate surface area is 152 Å². The number of benzene rings is 1. The number of carbonyl (C=O) groups is 1. The van der Waals surface area contributed by atoms with Crippen LogP contribution in [0.15, 0.2) is 35.8 Å². The van der Waals surface area contributed by atoms with Crippen LogP contribution in [0, 0.1) is 6.92 Å². The second-order valence-electron chi connectivity index (χ2n) is 6.01. The number of alkyl halides is 3. The monoisotopic (exact) mass is 385 g/mol. The lowest BCUT2D eigenvalue weighted by atomic mass is 10.0. The molecule has 0 saturated carbocycles. The minimum Gasteiger partial charge on any atom is -0.367 e. The molecule has 2 amide bonds. The molecule has 1 aliphatic heterocycles. The van der Waals surface area contributed by atoms with Crippen molar-refractivity contribution in [2.75, 3.05) is 19.7 Å². The van der Waals surface area contributed by atoms with Crippen molar-refractivity contribution < 1.29 is 22.7 Å². The SMILES string of the molecule is Cc1cccc([C@H](NC(=O)N2CCO[C@H](c3nccs3)C2)C(F)(F)F)c1. The number of nitrogens with zero attached hydrogens (tertiary/aromatic N) is 2. The highest BCUT2D eigenvalue weighted by molar-refractivity contribution is 7.09. The summed E-state index contributed by atoms with van der Waals surface area (Å²) in [4.78, 5) is 18.0. The molecule has 1 N–H and O–H groups in total. The summed E-state index contributed by atoms with van der Waals surface area (Å²) in [7, 11) is 0. The molecule has 1 aromatic carbocycles. The van der Waals surface area contributed by atoms with Crippen LogP contribution in [0.4, 0.5) is 18.0 Å². The highest BCUT2D eigenvalue weighted by Gasteiger charge is 2.43. The zero-order chi connectivity index (χ0) is 18.7. The Morgan fingerprint density at radius 1 is 1.46 bits per heavy atom. The predicted octanol–water partition coefficient (Wildman–Crippen LogP) is 3.84. The average Bonchev–Trinajstić information content (AvgIpc) is 3.13. The minimum atomic E-state index is -4.59. The number of morpholine rings is 1. The van der Waals surface area contributed by atoms with Gasteiger partial charge in [0.1, 0.15) is 11.1 Å². The second-order valence-corrected chi connectivity index (χ2v) is 6.94. The van der Waals surface area contributed by atoms with Crippen molar-refractivity contribution in [2.45, 2.75) is 25.2 Å². The molecule has 2 aromatic rings. The number of ether oxygens (including phenoxy) is 1.